The van der Waals surface area contributed by atoms with Crippen LogP contribution in [0.2, 0.25) is 0 Å². The predicted molar refractivity (Wildman–Crippen MR) is 77.8 cm³/mol. The van der Waals surface area contributed by atoms with Gasteiger partial charge in [-0.05, 0) is 50.9 Å². The fourth-order valence-electron chi connectivity index (χ4n) is 2.87. The van der Waals surface area contributed by atoms with Gasteiger partial charge in [-0.3, -0.25) is 4.79 Å². The zero-order valence-corrected chi connectivity index (χ0v) is 12.6. The summed E-state index contributed by atoms with van der Waals surface area (Å²) in [6.45, 7) is 8.49. The Morgan fingerprint density at radius 3 is 3.00 bits per heavy atom. The topological polar surface area (TPSA) is 41.2 Å². The number of fused-ring (bicyclic) bond motifs is 1. The molecule has 0 fully saturated rings. The van der Waals surface area contributed by atoms with Crippen molar-refractivity contribution >= 4 is 11.3 Å². The summed E-state index contributed by atoms with van der Waals surface area (Å²) in [6, 6.07) is 0. The normalized spacial score (nSPS) is 22.0. The molecule has 2 heterocycles. The highest BCUT2D eigenvalue weighted by Gasteiger charge is 2.41. The van der Waals surface area contributed by atoms with Crippen LogP contribution in [0.5, 0.6) is 5.88 Å². The van der Waals surface area contributed by atoms with E-state index in [9.17, 15) is 9.90 Å². The van der Waals surface area contributed by atoms with Crippen molar-refractivity contribution in [2.75, 3.05) is 0 Å². The van der Waals surface area contributed by atoms with Crippen LogP contribution >= 0.6 is 11.3 Å². The number of aromatic nitrogens is 1. The molecule has 1 atom stereocenters. The summed E-state index contributed by atoms with van der Waals surface area (Å²) in [5, 5.41) is 11.2. The third kappa shape index (κ3) is 2.59. The Kier molecular flexibility index (Phi) is 4.09. The summed E-state index contributed by atoms with van der Waals surface area (Å²) in [4.78, 5) is 12.0. The van der Waals surface area contributed by atoms with Crippen molar-refractivity contribution in [2.24, 2.45) is 0 Å². The summed E-state index contributed by atoms with van der Waals surface area (Å²) in [6.07, 6.45) is 7.20. The second-order valence-electron chi connectivity index (χ2n) is 5.64. The highest BCUT2D eigenvalue weighted by molar-refractivity contribution is 7.08. The first-order valence-corrected chi connectivity index (χ1v) is 7.69. The number of hydrogen-bond acceptors (Lipinski definition) is 3. The summed E-state index contributed by atoms with van der Waals surface area (Å²) in [5.41, 5.74) is 0.486. The number of rotatable bonds is 4. The van der Waals surface area contributed by atoms with E-state index in [0.717, 1.165) is 43.7 Å². The molecule has 0 spiro atoms. The van der Waals surface area contributed by atoms with Gasteiger partial charge in [0, 0.05) is 6.42 Å². The second-order valence-corrected chi connectivity index (χ2v) is 6.60. The van der Waals surface area contributed by atoms with E-state index in [2.05, 4.69) is 13.5 Å². The molecule has 0 aliphatic carbocycles. The van der Waals surface area contributed by atoms with Crippen molar-refractivity contribution in [1.29, 1.82) is 0 Å². The molecule has 1 aliphatic rings. The second kappa shape index (κ2) is 5.45. The van der Waals surface area contributed by atoms with Crippen LogP contribution in [0, 0.1) is 6.92 Å². The Balaban J connectivity index is 2.43. The van der Waals surface area contributed by atoms with Gasteiger partial charge in [-0.2, -0.15) is 4.57 Å². The van der Waals surface area contributed by atoms with Crippen molar-refractivity contribution in [3.05, 3.63) is 32.8 Å². The maximum Gasteiger partial charge on any atom is 0.374 e. The minimum atomic E-state index is -0.0133. The third-order valence-corrected chi connectivity index (χ3v) is 5.49. The fourth-order valence-corrected chi connectivity index (χ4v) is 4.03. The molecule has 1 aromatic heterocycles. The molecule has 1 N–H and O–H groups in total. The van der Waals surface area contributed by atoms with Crippen LogP contribution in [0.1, 0.15) is 49.6 Å². The van der Waals surface area contributed by atoms with Crippen LogP contribution in [0.3, 0.4) is 0 Å². The van der Waals surface area contributed by atoms with Crippen molar-refractivity contribution in [3.63, 3.8) is 0 Å². The standard InChI is InChI=1S/C15H21NO2S/c1-4-5-6-8-15(3)9-7-10-16-12(17)11(2)13(18)19-14(15)16/h4H,1,5-10H2,2-3H3/p+1. The molecule has 104 valence electrons. The Hall–Kier alpha value is -1.16. The highest BCUT2D eigenvalue weighted by atomic mass is 32.1. The van der Waals surface area contributed by atoms with Gasteiger partial charge in [-0.1, -0.05) is 6.08 Å². The van der Waals surface area contributed by atoms with E-state index < -0.39 is 0 Å². The zero-order valence-electron chi connectivity index (χ0n) is 11.7. The van der Waals surface area contributed by atoms with Gasteiger partial charge >= 0.3 is 5.88 Å². The van der Waals surface area contributed by atoms with Gasteiger partial charge in [0.1, 0.15) is 5.56 Å². The minimum absolute atomic E-state index is 0.0102. The Morgan fingerprint density at radius 2 is 2.32 bits per heavy atom. The van der Waals surface area contributed by atoms with Crippen LogP contribution in [0.15, 0.2) is 17.4 Å². The number of hydrogen-bond donors (Lipinski definition) is 1. The van der Waals surface area contributed by atoms with Crippen molar-refractivity contribution in [1.82, 2.24) is 0 Å². The molecule has 0 bridgehead atoms. The summed E-state index contributed by atoms with van der Waals surface area (Å²) < 4.78 is 1.93. The van der Waals surface area contributed by atoms with E-state index in [1.54, 1.807) is 6.92 Å². The van der Waals surface area contributed by atoms with Gasteiger partial charge in [-0.15, -0.1) is 6.58 Å². The third-order valence-electron chi connectivity index (χ3n) is 4.10. The Morgan fingerprint density at radius 1 is 1.58 bits per heavy atom. The molecule has 19 heavy (non-hydrogen) atoms. The quantitative estimate of drug-likeness (QED) is 0.523. The van der Waals surface area contributed by atoms with E-state index >= 15 is 0 Å². The van der Waals surface area contributed by atoms with Crippen molar-refractivity contribution in [2.45, 2.75) is 57.9 Å². The molecule has 0 amide bonds. The number of unbranched alkanes of at least 4 members (excludes halogenated alkanes) is 1. The van der Waals surface area contributed by atoms with Gasteiger partial charge in [0.2, 0.25) is 5.01 Å². The van der Waals surface area contributed by atoms with E-state index in [4.69, 9.17) is 0 Å². The molecule has 0 saturated heterocycles. The molecule has 4 heteroatoms. The molecule has 0 saturated carbocycles. The summed E-state index contributed by atoms with van der Waals surface area (Å²) >= 11 is 1.31. The van der Waals surface area contributed by atoms with Crippen LogP contribution in [-0.4, -0.2) is 5.11 Å². The Bertz CT molecular complexity index is 550. The maximum atomic E-state index is 12.0. The van der Waals surface area contributed by atoms with Crippen LogP contribution in [0.4, 0.5) is 0 Å². The molecule has 0 radical (unpaired) electrons. The first-order valence-electron chi connectivity index (χ1n) is 6.87. The smallest absolute Gasteiger partial charge is 0.374 e. The summed E-state index contributed by atoms with van der Waals surface area (Å²) in [5.74, 6) is 0.161. The Labute approximate surface area is 118 Å². The largest absolute Gasteiger partial charge is 0.459 e. The van der Waals surface area contributed by atoms with Crippen molar-refractivity contribution < 1.29 is 9.67 Å². The molecule has 2 rings (SSSR count). The molecule has 1 aliphatic heterocycles. The molecule has 0 aromatic carbocycles. The lowest BCUT2D eigenvalue weighted by molar-refractivity contribution is -0.716. The number of aromatic hydroxyl groups is 1. The molecule has 3 nitrogen and oxygen atoms in total. The lowest BCUT2D eigenvalue weighted by Crippen LogP contribution is -2.50. The van der Waals surface area contributed by atoms with E-state index in [0.29, 0.717) is 5.56 Å². The first kappa shape index (κ1) is 14.3. The van der Waals surface area contributed by atoms with Gasteiger partial charge < -0.3 is 5.11 Å². The first-order chi connectivity index (χ1) is 8.99. The number of allylic oxidation sites excluding steroid dienone is 1. The average molecular weight is 280 g/mol. The molecular weight excluding hydrogens is 258 g/mol. The van der Waals surface area contributed by atoms with Crippen molar-refractivity contribution in [3.8, 4) is 5.88 Å². The van der Waals surface area contributed by atoms with Crippen LogP contribution in [-0.2, 0) is 12.0 Å². The number of nitrogens with zero attached hydrogens (tertiary/aromatic N) is 1. The molecule has 1 aromatic rings. The zero-order chi connectivity index (χ0) is 14.0. The van der Waals surface area contributed by atoms with Crippen LogP contribution in [0.25, 0.3) is 0 Å². The van der Waals surface area contributed by atoms with E-state index in [1.807, 2.05) is 10.6 Å². The minimum Gasteiger partial charge on any atom is -0.459 e. The highest BCUT2D eigenvalue weighted by Crippen LogP contribution is 2.37. The van der Waals surface area contributed by atoms with Gasteiger partial charge in [0.25, 0.3) is 4.74 Å². The van der Waals surface area contributed by atoms with Gasteiger partial charge in [0.05, 0.1) is 5.41 Å². The average Bonchev–Trinajstić information content (AvgIpc) is 2.38. The van der Waals surface area contributed by atoms with E-state index in [1.165, 1.54) is 11.3 Å². The van der Waals surface area contributed by atoms with Gasteiger partial charge in [-0.25, -0.2) is 0 Å². The van der Waals surface area contributed by atoms with Crippen LogP contribution < -0.4 is 9.31 Å². The predicted octanol–water partition coefficient (Wildman–Crippen LogP) is 2.82. The monoisotopic (exact) mass is 280 g/mol. The summed E-state index contributed by atoms with van der Waals surface area (Å²) in [7, 11) is 0. The van der Waals surface area contributed by atoms with Gasteiger partial charge in [0.15, 0.2) is 6.54 Å². The fraction of sp³-hybridized carbons (Fsp3) is 0.600. The molecule has 1 unspecified atom stereocenters. The molecular formula is C15H22NO2S+. The maximum absolute atomic E-state index is 12.0. The SMILES string of the molecule is C=CCCCC1(C)CCC[n+]2c1sc(=O)c(C)c2O. The van der Waals surface area contributed by atoms with E-state index in [-0.39, 0.29) is 16.0 Å². The lowest BCUT2D eigenvalue weighted by Gasteiger charge is -2.30. The lowest BCUT2D eigenvalue weighted by atomic mass is 9.79.